The molecule has 3 N–H and O–H groups in total. The average Bonchev–Trinajstić information content (AvgIpc) is 2.83. The zero-order valence-corrected chi connectivity index (χ0v) is 11.7. The van der Waals surface area contributed by atoms with E-state index in [1.54, 1.807) is 17.1 Å². The molecule has 0 bridgehead atoms. The van der Waals surface area contributed by atoms with E-state index in [1.165, 1.54) is 0 Å². The van der Waals surface area contributed by atoms with Gasteiger partial charge in [0.1, 0.15) is 6.04 Å². The highest BCUT2D eigenvalue weighted by Crippen LogP contribution is 2.15. The second-order valence-electron chi connectivity index (χ2n) is 5.42. The van der Waals surface area contributed by atoms with E-state index in [0.717, 1.165) is 38.0 Å². The monoisotopic (exact) mass is 265 g/mol. The van der Waals surface area contributed by atoms with E-state index in [9.17, 15) is 4.79 Å². The van der Waals surface area contributed by atoms with E-state index in [2.05, 4.69) is 22.4 Å². The highest BCUT2D eigenvalue weighted by atomic mass is 16.2. The Labute approximate surface area is 113 Å². The number of likely N-dealkylation sites (tertiary alicyclic amines) is 1. The third-order valence-corrected chi connectivity index (χ3v) is 3.77. The molecule has 0 radical (unpaired) electrons. The zero-order valence-electron chi connectivity index (χ0n) is 11.7. The van der Waals surface area contributed by atoms with Gasteiger partial charge in [-0.15, -0.1) is 0 Å². The molecule has 2 heterocycles. The fourth-order valence-electron chi connectivity index (χ4n) is 2.37. The van der Waals surface area contributed by atoms with Crippen molar-refractivity contribution in [2.45, 2.75) is 18.9 Å². The number of carbonyl (C=O) groups is 1. The number of aromatic nitrogens is 2. The summed E-state index contributed by atoms with van der Waals surface area (Å²) in [5.74, 6) is 0.452. The number of amides is 1. The minimum atomic E-state index is -0.625. The molecular formula is C13H23N5O. The van der Waals surface area contributed by atoms with Crippen molar-refractivity contribution in [1.82, 2.24) is 20.0 Å². The maximum absolute atomic E-state index is 12.0. The first-order chi connectivity index (χ1) is 9.06. The molecule has 0 aliphatic carbocycles. The van der Waals surface area contributed by atoms with Gasteiger partial charge in [0.2, 0.25) is 5.91 Å². The molecule has 0 saturated carbocycles. The lowest BCUT2D eigenvalue weighted by atomic mass is 9.97. The molecule has 106 valence electrons. The lowest BCUT2D eigenvalue weighted by molar-refractivity contribution is -0.122. The molecule has 1 aliphatic heterocycles. The number of rotatable bonds is 4. The van der Waals surface area contributed by atoms with Gasteiger partial charge in [0.15, 0.2) is 0 Å². The molecule has 1 saturated heterocycles. The van der Waals surface area contributed by atoms with Crippen LogP contribution in [0.25, 0.3) is 0 Å². The Morgan fingerprint density at radius 1 is 1.53 bits per heavy atom. The predicted molar refractivity (Wildman–Crippen MR) is 73.4 cm³/mol. The summed E-state index contributed by atoms with van der Waals surface area (Å²) in [5, 5.41) is 6.98. The minimum Gasteiger partial charge on any atom is -0.354 e. The number of piperidine rings is 1. The summed E-state index contributed by atoms with van der Waals surface area (Å²) < 4.78 is 1.65. The van der Waals surface area contributed by atoms with Gasteiger partial charge in [0.05, 0.1) is 6.20 Å². The maximum Gasteiger partial charge on any atom is 0.241 e. The van der Waals surface area contributed by atoms with Gasteiger partial charge >= 0.3 is 0 Å². The van der Waals surface area contributed by atoms with Crippen LogP contribution in [0.1, 0.15) is 24.4 Å². The minimum absolute atomic E-state index is 0.119. The van der Waals surface area contributed by atoms with Gasteiger partial charge < -0.3 is 16.0 Å². The molecule has 1 aliphatic rings. The van der Waals surface area contributed by atoms with E-state index < -0.39 is 6.04 Å². The highest BCUT2D eigenvalue weighted by Gasteiger charge is 2.20. The van der Waals surface area contributed by atoms with Crippen LogP contribution in [0.5, 0.6) is 0 Å². The van der Waals surface area contributed by atoms with Crippen molar-refractivity contribution in [3.05, 3.63) is 18.0 Å². The van der Waals surface area contributed by atoms with Crippen LogP contribution in [0.15, 0.2) is 12.4 Å². The number of aryl methyl sites for hydroxylation is 1. The average molecular weight is 265 g/mol. The molecule has 2 rings (SSSR count). The molecule has 0 spiro atoms. The summed E-state index contributed by atoms with van der Waals surface area (Å²) in [6.07, 6.45) is 5.69. The first-order valence-electron chi connectivity index (χ1n) is 6.76. The number of nitrogens with two attached hydrogens (primary N) is 1. The van der Waals surface area contributed by atoms with Crippen molar-refractivity contribution in [2.75, 3.05) is 26.7 Å². The van der Waals surface area contributed by atoms with Gasteiger partial charge in [0.25, 0.3) is 0 Å². The van der Waals surface area contributed by atoms with Crippen LogP contribution in [0.2, 0.25) is 0 Å². The lowest BCUT2D eigenvalue weighted by Crippen LogP contribution is -2.40. The Hall–Kier alpha value is -1.40. The van der Waals surface area contributed by atoms with Crippen molar-refractivity contribution >= 4 is 5.91 Å². The number of nitrogens with one attached hydrogen (secondary N) is 1. The second-order valence-corrected chi connectivity index (χ2v) is 5.42. The first-order valence-corrected chi connectivity index (χ1v) is 6.76. The van der Waals surface area contributed by atoms with Crippen LogP contribution < -0.4 is 11.1 Å². The van der Waals surface area contributed by atoms with Gasteiger partial charge in [0, 0.05) is 25.4 Å². The largest absolute Gasteiger partial charge is 0.354 e. The predicted octanol–water partition coefficient (Wildman–Crippen LogP) is -0.122. The van der Waals surface area contributed by atoms with Crippen molar-refractivity contribution < 1.29 is 4.79 Å². The highest BCUT2D eigenvalue weighted by molar-refractivity contribution is 5.82. The summed E-state index contributed by atoms with van der Waals surface area (Å²) in [6, 6.07) is -0.625. The number of hydrogen-bond donors (Lipinski definition) is 2. The molecule has 1 unspecified atom stereocenters. The van der Waals surface area contributed by atoms with E-state index in [4.69, 9.17) is 5.73 Å². The number of carbonyl (C=O) groups excluding carboxylic acids is 1. The standard InChI is InChI=1S/C13H23N5O/c1-17-5-3-10(4-6-17)7-15-13(19)12(14)11-8-16-18(2)9-11/h8-10,12H,3-7,14H2,1-2H3,(H,15,19). The van der Waals surface area contributed by atoms with E-state index >= 15 is 0 Å². The third kappa shape index (κ3) is 3.78. The van der Waals surface area contributed by atoms with Crippen molar-refractivity contribution in [3.63, 3.8) is 0 Å². The van der Waals surface area contributed by atoms with Crippen LogP contribution in [0, 0.1) is 5.92 Å². The summed E-state index contributed by atoms with van der Waals surface area (Å²) in [7, 11) is 3.94. The van der Waals surface area contributed by atoms with Gasteiger partial charge in [-0.1, -0.05) is 0 Å². The fourth-order valence-corrected chi connectivity index (χ4v) is 2.37. The molecule has 1 fully saturated rings. The summed E-state index contributed by atoms with van der Waals surface area (Å²) in [6.45, 7) is 2.94. The van der Waals surface area contributed by atoms with Crippen LogP contribution in [0.4, 0.5) is 0 Å². The second kappa shape index (κ2) is 6.16. The Bertz CT molecular complexity index is 422. The molecule has 1 atom stereocenters. The molecule has 19 heavy (non-hydrogen) atoms. The fraction of sp³-hybridized carbons (Fsp3) is 0.692. The Balaban J connectivity index is 1.78. The summed E-state index contributed by atoms with van der Waals surface area (Å²) in [4.78, 5) is 14.3. The number of nitrogens with zero attached hydrogens (tertiary/aromatic N) is 3. The van der Waals surface area contributed by atoms with Crippen molar-refractivity contribution in [3.8, 4) is 0 Å². The smallest absolute Gasteiger partial charge is 0.241 e. The zero-order chi connectivity index (χ0) is 13.8. The first kappa shape index (κ1) is 14.0. The SMILES string of the molecule is CN1CCC(CNC(=O)C(N)c2cnn(C)c2)CC1. The summed E-state index contributed by atoms with van der Waals surface area (Å²) in [5.41, 5.74) is 6.67. The van der Waals surface area contributed by atoms with Crippen LogP contribution in [-0.2, 0) is 11.8 Å². The van der Waals surface area contributed by atoms with Crippen molar-refractivity contribution in [2.24, 2.45) is 18.7 Å². The van der Waals surface area contributed by atoms with Crippen molar-refractivity contribution in [1.29, 1.82) is 0 Å². The Morgan fingerprint density at radius 3 is 2.79 bits per heavy atom. The molecule has 1 aromatic rings. The van der Waals surface area contributed by atoms with E-state index in [1.807, 2.05) is 7.05 Å². The van der Waals surface area contributed by atoms with Gasteiger partial charge in [-0.05, 0) is 38.9 Å². The Morgan fingerprint density at radius 2 is 2.21 bits per heavy atom. The third-order valence-electron chi connectivity index (χ3n) is 3.77. The van der Waals surface area contributed by atoms with E-state index in [-0.39, 0.29) is 5.91 Å². The van der Waals surface area contributed by atoms with Crippen LogP contribution >= 0.6 is 0 Å². The maximum atomic E-state index is 12.0. The topological polar surface area (TPSA) is 76.2 Å². The van der Waals surface area contributed by atoms with Crippen LogP contribution in [-0.4, -0.2) is 47.3 Å². The quantitative estimate of drug-likeness (QED) is 0.795. The van der Waals surface area contributed by atoms with Gasteiger partial charge in [-0.3, -0.25) is 9.48 Å². The summed E-state index contributed by atoms with van der Waals surface area (Å²) >= 11 is 0. The molecule has 1 aromatic heterocycles. The Kier molecular flexibility index (Phi) is 4.55. The normalized spacial score (nSPS) is 19.3. The molecule has 6 nitrogen and oxygen atoms in total. The van der Waals surface area contributed by atoms with Gasteiger partial charge in [-0.25, -0.2) is 0 Å². The molecule has 0 aromatic carbocycles. The lowest BCUT2D eigenvalue weighted by Gasteiger charge is -2.29. The molecular weight excluding hydrogens is 242 g/mol. The van der Waals surface area contributed by atoms with E-state index in [0.29, 0.717) is 5.92 Å². The van der Waals surface area contributed by atoms with Crippen LogP contribution in [0.3, 0.4) is 0 Å². The molecule has 6 heteroatoms. The number of hydrogen-bond acceptors (Lipinski definition) is 4. The van der Waals surface area contributed by atoms with Gasteiger partial charge in [-0.2, -0.15) is 5.10 Å². The molecule has 1 amide bonds.